The lowest BCUT2D eigenvalue weighted by molar-refractivity contribution is -0.145. The first-order chi connectivity index (χ1) is 7.47. The number of carbonyl (C=O) groups excluding carboxylic acids is 1. The average Bonchev–Trinajstić information content (AvgIpc) is 2.24. The van der Waals surface area contributed by atoms with Crippen LogP contribution in [0.1, 0.15) is 0 Å². The molecule has 0 aromatic heterocycles. The van der Waals surface area contributed by atoms with Gasteiger partial charge < -0.3 is 9.47 Å². The Morgan fingerprint density at radius 2 is 1.94 bits per heavy atom. The van der Waals surface area contributed by atoms with E-state index in [1.807, 2.05) is 0 Å². The van der Waals surface area contributed by atoms with Gasteiger partial charge in [0.15, 0.2) is 6.61 Å². The van der Waals surface area contributed by atoms with E-state index in [0.717, 1.165) is 0 Å². The summed E-state index contributed by atoms with van der Waals surface area (Å²) in [4.78, 5) is 11.1. The van der Waals surface area contributed by atoms with Gasteiger partial charge in [-0.3, -0.25) is 0 Å². The maximum Gasteiger partial charge on any atom is 0.344 e. The van der Waals surface area contributed by atoms with Crippen LogP contribution in [0.4, 0.5) is 0 Å². The van der Waals surface area contributed by atoms with Crippen molar-refractivity contribution in [1.29, 1.82) is 0 Å². The van der Waals surface area contributed by atoms with Crippen LogP contribution in [0, 0.1) is 6.07 Å². The van der Waals surface area contributed by atoms with Crippen LogP contribution < -0.4 is 4.74 Å². The molecule has 3 nitrogen and oxygen atoms in total. The fourth-order valence-electron chi connectivity index (χ4n) is 0.814. The summed E-state index contributed by atoms with van der Waals surface area (Å²) >= 11 is 16.2. The largest absolute Gasteiger partial charge is 0.482 e. The molecule has 16 heavy (non-hydrogen) atoms. The van der Waals surface area contributed by atoms with Crippen molar-refractivity contribution in [2.45, 2.75) is 3.79 Å². The molecule has 0 aliphatic rings. The Balaban J connectivity index is 2.26. The lowest BCUT2D eigenvalue weighted by Gasteiger charge is -2.11. The zero-order valence-electron chi connectivity index (χ0n) is 8.08. The molecule has 0 spiro atoms. The maximum atomic E-state index is 11.1. The van der Waals surface area contributed by atoms with Gasteiger partial charge in [0.25, 0.3) is 0 Å². The zero-order valence-corrected chi connectivity index (χ0v) is 10.4. The number of carbonyl (C=O) groups is 1. The molecule has 0 fully saturated rings. The first-order valence-electron chi connectivity index (χ1n) is 4.29. The minimum Gasteiger partial charge on any atom is -0.482 e. The third-order valence-electron chi connectivity index (χ3n) is 1.44. The topological polar surface area (TPSA) is 35.5 Å². The number of hydrogen-bond acceptors (Lipinski definition) is 3. The molecule has 0 heterocycles. The first-order valence-corrected chi connectivity index (χ1v) is 5.42. The Labute approximate surface area is 108 Å². The van der Waals surface area contributed by atoms with Crippen molar-refractivity contribution in [3.63, 3.8) is 0 Å². The standard InChI is InChI=1S/C10H8Cl3O3/c11-10(12,13)7-16-9(14)6-15-8-4-2-1-3-5-8/h2-5H,6-7H2. The van der Waals surface area contributed by atoms with Gasteiger partial charge in [0, 0.05) is 0 Å². The molecule has 1 aromatic rings. The second kappa shape index (κ2) is 6.18. The van der Waals surface area contributed by atoms with Gasteiger partial charge in [0.2, 0.25) is 3.79 Å². The number of benzene rings is 1. The number of esters is 1. The van der Waals surface area contributed by atoms with E-state index in [2.05, 4.69) is 10.8 Å². The molecule has 0 saturated carbocycles. The smallest absolute Gasteiger partial charge is 0.344 e. The van der Waals surface area contributed by atoms with E-state index in [1.165, 1.54) is 0 Å². The second-order valence-electron chi connectivity index (χ2n) is 2.80. The molecular weight excluding hydrogens is 274 g/mol. The second-order valence-corrected chi connectivity index (χ2v) is 5.32. The molecule has 1 radical (unpaired) electrons. The van der Waals surface area contributed by atoms with E-state index in [9.17, 15) is 4.79 Å². The Bertz CT molecular complexity index is 335. The number of halogens is 3. The minimum absolute atomic E-state index is 0.231. The molecule has 0 N–H and O–H groups in total. The summed E-state index contributed by atoms with van der Waals surface area (Å²) in [5, 5.41) is 0. The summed E-state index contributed by atoms with van der Waals surface area (Å²) in [6, 6.07) is 9.49. The lowest BCUT2D eigenvalue weighted by Crippen LogP contribution is -2.21. The molecule has 0 aliphatic heterocycles. The average molecular weight is 283 g/mol. The number of hydrogen-bond donors (Lipinski definition) is 0. The van der Waals surface area contributed by atoms with Crippen molar-refractivity contribution < 1.29 is 14.3 Å². The van der Waals surface area contributed by atoms with Gasteiger partial charge in [0.1, 0.15) is 12.4 Å². The molecule has 0 atom stereocenters. The van der Waals surface area contributed by atoms with Crippen molar-refractivity contribution in [2.75, 3.05) is 13.2 Å². The Hall–Kier alpha value is -0.640. The number of ether oxygens (including phenoxy) is 2. The molecule has 0 bridgehead atoms. The predicted octanol–water partition coefficient (Wildman–Crippen LogP) is 2.78. The Kier molecular flexibility index (Phi) is 5.19. The zero-order chi connectivity index (χ0) is 12.0. The summed E-state index contributed by atoms with van der Waals surface area (Å²) in [5.41, 5.74) is 0. The van der Waals surface area contributed by atoms with Crippen LogP contribution in [-0.4, -0.2) is 23.0 Å². The van der Waals surface area contributed by atoms with Crippen molar-refractivity contribution in [3.8, 4) is 5.75 Å². The lowest BCUT2D eigenvalue weighted by atomic mass is 10.3. The van der Waals surface area contributed by atoms with Crippen molar-refractivity contribution in [1.82, 2.24) is 0 Å². The van der Waals surface area contributed by atoms with Crippen LogP contribution in [0.3, 0.4) is 0 Å². The molecule has 0 amide bonds. The quantitative estimate of drug-likeness (QED) is 0.629. The van der Waals surface area contributed by atoms with Crippen LogP contribution in [0.25, 0.3) is 0 Å². The van der Waals surface area contributed by atoms with Crippen molar-refractivity contribution in [2.24, 2.45) is 0 Å². The first kappa shape index (κ1) is 13.4. The molecule has 1 rings (SSSR count). The summed E-state index contributed by atoms with van der Waals surface area (Å²) in [6.07, 6.45) is 0. The van der Waals surface area contributed by atoms with E-state index < -0.39 is 9.76 Å². The minimum atomic E-state index is -1.60. The molecular formula is C10H8Cl3O3. The van der Waals surface area contributed by atoms with Gasteiger partial charge in [-0.05, 0) is 18.2 Å². The molecule has 1 aromatic carbocycles. The van der Waals surface area contributed by atoms with E-state index >= 15 is 0 Å². The fraction of sp³-hybridized carbons (Fsp3) is 0.300. The highest BCUT2D eigenvalue weighted by Crippen LogP contribution is 2.25. The van der Waals surface area contributed by atoms with Crippen LogP contribution in [0.2, 0.25) is 0 Å². The highest BCUT2D eigenvalue weighted by molar-refractivity contribution is 6.67. The predicted molar refractivity (Wildman–Crippen MR) is 62.0 cm³/mol. The summed E-state index contributed by atoms with van der Waals surface area (Å²) < 4.78 is 8.17. The van der Waals surface area contributed by atoms with Crippen LogP contribution in [-0.2, 0) is 9.53 Å². The van der Waals surface area contributed by atoms with Crippen LogP contribution in [0.5, 0.6) is 5.75 Å². The summed E-state index contributed by atoms with van der Waals surface area (Å²) in [5.74, 6) is -0.0521. The van der Waals surface area contributed by atoms with Crippen LogP contribution >= 0.6 is 34.8 Å². The van der Waals surface area contributed by atoms with E-state index in [4.69, 9.17) is 39.5 Å². The molecule has 0 unspecified atom stereocenters. The number of rotatable bonds is 4. The SMILES string of the molecule is O=C(COc1cc[c]cc1)OCC(Cl)(Cl)Cl. The third kappa shape index (κ3) is 6.05. The number of alkyl halides is 3. The Morgan fingerprint density at radius 3 is 2.50 bits per heavy atom. The van der Waals surface area contributed by atoms with Crippen molar-refractivity contribution >= 4 is 40.8 Å². The maximum absolute atomic E-state index is 11.1. The van der Waals surface area contributed by atoms with Gasteiger partial charge in [-0.25, -0.2) is 4.79 Å². The van der Waals surface area contributed by atoms with Crippen LogP contribution in [0.15, 0.2) is 24.3 Å². The van der Waals surface area contributed by atoms with E-state index in [-0.39, 0.29) is 13.2 Å². The fourth-order valence-corrected chi connectivity index (χ4v) is 0.978. The normalized spacial score (nSPS) is 10.9. The van der Waals surface area contributed by atoms with E-state index in [0.29, 0.717) is 5.75 Å². The summed E-state index contributed by atoms with van der Waals surface area (Å²) in [7, 11) is 0. The molecule has 6 heteroatoms. The molecule has 87 valence electrons. The van der Waals surface area contributed by atoms with E-state index in [1.54, 1.807) is 24.3 Å². The van der Waals surface area contributed by atoms with Gasteiger partial charge >= 0.3 is 5.97 Å². The summed E-state index contributed by atoms with van der Waals surface area (Å²) in [6.45, 7) is -0.535. The van der Waals surface area contributed by atoms with Crippen molar-refractivity contribution in [3.05, 3.63) is 30.3 Å². The monoisotopic (exact) mass is 281 g/mol. The molecule has 0 saturated heterocycles. The van der Waals surface area contributed by atoms with Gasteiger partial charge in [-0.2, -0.15) is 0 Å². The van der Waals surface area contributed by atoms with Gasteiger partial charge in [-0.1, -0.05) is 46.9 Å². The third-order valence-corrected chi connectivity index (χ3v) is 1.77. The highest BCUT2D eigenvalue weighted by Gasteiger charge is 2.22. The van der Waals surface area contributed by atoms with Gasteiger partial charge in [-0.15, -0.1) is 0 Å². The molecule has 0 aliphatic carbocycles. The highest BCUT2D eigenvalue weighted by atomic mass is 35.6. The van der Waals surface area contributed by atoms with Gasteiger partial charge in [0.05, 0.1) is 0 Å². The Morgan fingerprint density at radius 1 is 1.31 bits per heavy atom.